The van der Waals surface area contributed by atoms with Gasteiger partial charge in [0.05, 0.1) is 18.8 Å². The first kappa shape index (κ1) is 30.3. The summed E-state index contributed by atoms with van der Waals surface area (Å²) in [5.74, 6) is 0.516. The number of likely N-dealkylation sites (tertiary alicyclic amines) is 1. The average molecular weight is 605 g/mol. The van der Waals surface area contributed by atoms with Crippen LogP contribution in [0.3, 0.4) is 0 Å². The molecule has 5 unspecified atom stereocenters. The summed E-state index contributed by atoms with van der Waals surface area (Å²) in [4.78, 5) is 44.2. The maximum Gasteiger partial charge on any atom is 0.243 e. The van der Waals surface area contributed by atoms with E-state index in [0.29, 0.717) is 19.5 Å². The van der Waals surface area contributed by atoms with E-state index in [1.165, 1.54) is 0 Å². The van der Waals surface area contributed by atoms with Gasteiger partial charge >= 0.3 is 0 Å². The summed E-state index contributed by atoms with van der Waals surface area (Å²) in [6.45, 7) is 2.48. The van der Waals surface area contributed by atoms with Gasteiger partial charge in [-0.3, -0.25) is 19.1 Å². The van der Waals surface area contributed by atoms with Crippen LogP contribution in [0, 0.1) is 5.92 Å². The maximum atomic E-state index is 13.8. The van der Waals surface area contributed by atoms with Crippen LogP contribution in [0.4, 0.5) is 0 Å². The number of hydrogen-bond acceptors (Lipinski definition) is 8. The van der Waals surface area contributed by atoms with Crippen LogP contribution in [0.5, 0.6) is 5.75 Å². The number of piperazine rings is 1. The van der Waals surface area contributed by atoms with E-state index < -0.39 is 12.1 Å². The Morgan fingerprint density at radius 3 is 2.61 bits per heavy atom. The number of hydrogen-bond donors (Lipinski definition) is 3. The van der Waals surface area contributed by atoms with Gasteiger partial charge in [0.25, 0.3) is 0 Å². The third kappa shape index (κ3) is 6.37. The van der Waals surface area contributed by atoms with Crippen LogP contribution in [0.15, 0.2) is 29.8 Å². The SMILES string of the molecule is COc1ccc(CC2CC(C(=O)NCC3=Cc4nnn(C)c4CC3)N(C(=O)C(N)CCC(=O)N3C4CCC3CNC4)C2)cc1. The zero-order valence-electron chi connectivity index (χ0n) is 25.7. The van der Waals surface area contributed by atoms with Crippen molar-refractivity contribution < 1.29 is 19.1 Å². The Bertz CT molecular complexity index is 1390. The number of rotatable bonds is 10. The molecular weight excluding hydrogens is 560 g/mol. The molecule has 6 rings (SSSR count). The minimum Gasteiger partial charge on any atom is -0.497 e. The fourth-order valence-electron chi connectivity index (χ4n) is 7.39. The Labute approximate surface area is 258 Å². The summed E-state index contributed by atoms with van der Waals surface area (Å²) in [5, 5.41) is 14.8. The number of ether oxygens (including phenoxy) is 1. The van der Waals surface area contributed by atoms with Crippen molar-refractivity contribution in [1.82, 2.24) is 35.4 Å². The van der Waals surface area contributed by atoms with Gasteiger partial charge < -0.3 is 30.9 Å². The lowest BCUT2D eigenvalue weighted by atomic mass is 9.96. The molecule has 1 aliphatic carbocycles. The maximum absolute atomic E-state index is 13.8. The van der Waals surface area contributed by atoms with Gasteiger partial charge in [0.15, 0.2) is 0 Å². The molecule has 4 aliphatic rings. The lowest BCUT2D eigenvalue weighted by Gasteiger charge is -2.35. The Hall–Kier alpha value is -3.77. The first-order valence-corrected chi connectivity index (χ1v) is 15.9. The number of carbonyl (C=O) groups excluding carboxylic acids is 3. The molecule has 3 saturated heterocycles. The van der Waals surface area contributed by atoms with Crippen molar-refractivity contribution in [3.05, 3.63) is 46.8 Å². The molecular formula is C32H44N8O4. The van der Waals surface area contributed by atoms with Gasteiger partial charge in [0.2, 0.25) is 17.7 Å². The number of benzene rings is 1. The van der Waals surface area contributed by atoms with E-state index in [1.54, 1.807) is 16.7 Å². The van der Waals surface area contributed by atoms with Crippen molar-refractivity contribution in [3.63, 3.8) is 0 Å². The summed E-state index contributed by atoms with van der Waals surface area (Å²) in [5.41, 5.74) is 10.6. The van der Waals surface area contributed by atoms with E-state index in [0.717, 1.165) is 73.5 Å². The minimum absolute atomic E-state index is 0.0716. The van der Waals surface area contributed by atoms with Gasteiger partial charge in [0, 0.05) is 51.7 Å². The third-order valence-corrected chi connectivity index (χ3v) is 9.80. The molecule has 0 spiro atoms. The van der Waals surface area contributed by atoms with Gasteiger partial charge in [0.1, 0.15) is 17.5 Å². The monoisotopic (exact) mass is 604 g/mol. The molecule has 0 saturated carbocycles. The number of aryl methyl sites for hydroxylation is 1. The van der Waals surface area contributed by atoms with Gasteiger partial charge in [-0.2, -0.15) is 0 Å². The van der Waals surface area contributed by atoms with Crippen molar-refractivity contribution in [3.8, 4) is 5.75 Å². The van der Waals surface area contributed by atoms with Crippen LogP contribution in [-0.4, -0.2) is 100.0 Å². The number of aromatic nitrogens is 3. The quantitative estimate of drug-likeness (QED) is 0.361. The summed E-state index contributed by atoms with van der Waals surface area (Å²) in [6.07, 6.45) is 7.45. The molecule has 4 heterocycles. The standard InChI is InChI=1S/C32H44N8O4/c1-38-28-11-5-21(14-27(28)36-37-38)16-35-31(42)29-15-22(13-20-3-8-25(44-2)9-4-20)19-39(29)32(43)26(33)10-12-30(41)40-23-6-7-24(40)18-34-17-23/h3-4,8-9,14,22-24,26,29,34H,5-7,10-13,15-19,33H2,1-2H3,(H,35,42). The van der Waals surface area contributed by atoms with E-state index in [2.05, 4.69) is 20.9 Å². The van der Waals surface area contributed by atoms with Crippen molar-refractivity contribution in [2.24, 2.45) is 18.7 Å². The molecule has 2 aromatic rings. The first-order valence-electron chi connectivity index (χ1n) is 15.9. The lowest BCUT2D eigenvalue weighted by molar-refractivity contribution is -0.140. The number of nitrogens with one attached hydrogen (secondary N) is 2. The second kappa shape index (κ2) is 13.1. The van der Waals surface area contributed by atoms with Crippen molar-refractivity contribution in [2.45, 2.75) is 75.5 Å². The van der Waals surface area contributed by atoms with Gasteiger partial charge in [-0.05, 0) is 80.2 Å². The molecule has 3 aliphatic heterocycles. The fraction of sp³-hybridized carbons (Fsp3) is 0.594. The Balaban J connectivity index is 1.10. The second-order valence-corrected chi connectivity index (χ2v) is 12.7. The first-order chi connectivity index (χ1) is 21.3. The van der Waals surface area contributed by atoms with Gasteiger partial charge in [-0.15, -0.1) is 5.10 Å². The van der Waals surface area contributed by atoms with Crippen LogP contribution in [0.25, 0.3) is 6.08 Å². The topological polar surface area (TPSA) is 148 Å². The number of nitrogens with zero attached hydrogens (tertiary/aromatic N) is 5. The van der Waals surface area contributed by atoms with Crippen molar-refractivity contribution in [2.75, 3.05) is 33.3 Å². The summed E-state index contributed by atoms with van der Waals surface area (Å²) in [7, 11) is 3.52. The number of carbonyl (C=O) groups is 3. The number of amides is 3. The van der Waals surface area contributed by atoms with E-state index in [4.69, 9.17) is 10.5 Å². The zero-order chi connectivity index (χ0) is 30.8. The smallest absolute Gasteiger partial charge is 0.243 e. The Morgan fingerprint density at radius 1 is 1.14 bits per heavy atom. The molecule has 4 N–H and O–H groups in total. The van der Waals surface area contributed by atoms with Gasteiger partial charge in [-0.1, -0.05) is 17.3 Å². The van der Waals surface area contributed by atoms with Crippen LogP contribution in [0.1, 0.15) is 55.5 Å². The largest absolute Gasteiger partial charge is 0.497 e. The Kier molecular flexibility index (Phi) is 8.99. The highest BCUT2D eigenvalue weighted by molar-refractivity contribution is 5.91. The molecule has 12 heteroatoms. The zero-order valence-corrected chi connectivity index (χ0v) is 25.7. The molecule has 44 heavy (non-hydrogen) atoms. The van der Waals surface area contributed by atoms with E-state index >= 15 is 0 Å². The third-order valence-electron chi connectivity index (χ3n) is 9.80. The minimum atomic E-state index is -0.842. The van der Waals surface area contributed by atoms with Crippen molar-refractivity contribution >= 4 is 23.8 Å². The summed E-state index contributed by atoms with van der Waals surface area (Å²) < 4.78 is 7.08. The molecule has 0 radical (unpaired) electrons. The van der Waals surface area contributed by atoms with Crippen LogP contribution in [0.2, 0.25) is 0 Å². The predicted octanol–water partition coefficient (Wildman–Crippen LogP) is 0.800. The van der Waals surface area contributed by atoms with Gasteiger partial charge in [-0.25, -0.2) is 0 Å². The number of nitrogens with two attached hydrogens (primary N) is 1. The highest BCUT2D eigenvalue weighted by Crippen LogP contribution is 2.30. The molecule has 5 atom stereocenters. The van der Waals surface area contributed by atoms with E-state index in [9.17, 15) is 14.4 Å². The van der Waals surface area contributed by atoms with E-state index in [1.807, 2.05) is 42.3 Å². The molecule has 12 nitrogen and oxygen atoms in total. The molecule has 236 valence electrons. The van der Waals surface area contributed by atoms with Crippen LogP contribution >= 0.6 is 0 Å². The molecule has 3 amide bonds. The molecule has 1 aromatic carbocycles. The number of fused-ring (bicyclic) bond motifs is 3. The lowest BCUT2D eigenvalue weighted by Crippen LogP contribution is -2.54. The molecule has 3 fully saturated rings. The fourth-order valence-corrected chi connectivity index (χ4v) is 7.39. The highest BCUT2D eigenvalue weighted by Gasteiger charge is 2.42. The predicted molar refractivity (Wildman–Crippen MR) is 164 cm³/mol. The van der Waals surface area contributed by atoms with E-state index in [-0.39, 0.29) is 48.6 Å². The Morgan fingerprint density at radius 2 is 1.89 bits per heavy atom. The van der Waals surface area contributed by atoms with Crippen LogP contribution in [-0.2, 0) is 34.3 Å². The highest BCUT2D eigenvalue weighted by atomic mass is 16.5. The molecule has 2 bridgehead atoms. The average Bonchev–Trinajstić information content (AvgIpc) is 3.71. The normalized spacial score (nSPS) is 24.9. The second-order valence-electron chi connectivity index (χ2n) is 12.7. The molecule has 1 aromatic heterocycles. The number of methoxy groups -OCH3 is 1. The van der Waals surface area contributed by atoms with Crippen molar-refractivity contribution in [1.29, 1.82) is 0 Å². The van der Waals surface area contributed by atoms with Crippen LogP contribution < -0.4 is 21.1 Å². The summed E-state index contributed by atoms with van der Waals surface area (Å²) in [6, 6.07) is 6.91. The summed E-state index contributed by atoms with van der Waals surface area (Å²) >= 11 is 0.